The summed E-state index contributed by atoms with van der Waals surface area (Å²) in [4.78, 5) is 15.7. The Morgan fingerprint density at radius 2 is 2.35 bits per heavy atom. The molecule has 0 aliphatic rings. The van der Waals surface area contributed by atoms with Crippen molar-refractivity contribution in [2.24, 2.45) is 0 Å². The fraction of sp³-hybridized carbons (Fsp3) is 0.357. The Hall–Kier alpha value is -2.37. The molecule has 1 unspecified atom stereocenters. The second-order valence-electron chi connectivity index (χ2n) is 4.47. The van der Waals surface area contributed by atoms with E-state index in [-0.39, 0.29) is 5.91 Å². The van der Waals surface area contributed by atoms with E-state index in [1.807, 2.05) is 31.2 Å². The summed E-state index contributed by atoms with van der Waals surface area (Å²) in [6.07, 6.45) is 1.24. The standard InChI is InChI=1S/C14H17N3O3/c1-10-4-3-5-12(8-10)20-11(2)14(18)15-7-6-13-16-9-19-17-13/h3-5,8-9,11H,6-7H2,1-2H3,(H,15,18). The molecule has 0 bridgehead atoms. The number of aryl methyl sites for hydroxylation is 1. The van der Waals surface area contributed by atoms with Crippen LogP contribution in [0.25, 0.3) is 0 Å². The number of amides is 1. The molecule has 6 heteroatoms. The summed E-state index contributed by atoms with van der Waals surface area (Å²) in [6.45, 7) is 4.13. The lowest BCUT2D eigenvalue weighted by Crippen LogP contribution is -2.37. The number of aromatic nitrogens is 2. The molecule has 0 saturated carbocycles. The topological polar surface area (TPSA) is 77.2 Å². The summed E-state index contributed by atoms with van der Waals surface area (Å²) < 4.78 is 10.2. The maximum Gasteiger partial charge on any atom is 0.260 e. The summed E-state index contributed by atoms with van der Waals surface area (Å²) in [5.41, 5.74) is 1.09. The average molecular weight is 275 g/mol. The number of hydrogen-bond acceptors (Lipinski definition) is 5. The summed E-state index contributed by atoms with van der Waals surface area (Å²) in [7, 11) is 0. The van der Waals surface area contributed by atoms with Crippen LogP contribution in [0, 0.1) is 6.92 Å². The third kappa shape index (κ3) is 4.08. The van der Waals surface area contributed by atoms with E-state index in [1.165, 1.54) is 6.39 Å². The van der Waals surface area contributed by atoms with E-state index in [9.17, 15) is 4.79 Å². The predicted octanol–water partition coefficient (Wildman–Crippen LogP) is 1.50. The highest BCUT2D eigenvalue weighted by molar-refractivity contribution is 5.80. The van der Waals surface area contributed by atoms with Crippen LogP contribution in [0.1, 0.15) is 18.3 Å². The summed E-state index contributed by atoms with van der Waals surface area (Å²) in [5, 5.41) is 6.44. The van der Waals surface area contributed by atoms with Crippen LogP contribution in [0.2, 0.25) is 0 Å². The van der Waals surface area contributed by atoms with E-state index in [4.69, 9.17) is 4.74 Å². The van der Waals surface area contributed by atoms with Gasteiger partial charge in [-0.25, -0.2) is 0 Å². The van der Waals surface area contributed by atoms with Crippen molar-refractivity contribution >= 4 is 5.91 Å². The lowest BCUT2D eigenvalue weighted by atomic mass is 10.2. The number of ether oxygens (including phenoxy) is 1. The van der Waals surface area contributed by atoms with Gasteiger partial charge in [0.25, 0.3) is 5.91 Å². The lowest BCUT2D eigenvalue weighted by Gasteiger charge is -2.14. The molecule has 1 heterocycles. The van der Waals surface area contributed by atoms with Gasteiger partial charge in [0.15, 0.2) is 11.9 Å². The van der Waals surface area contributed by atoms with Crippen LogP contribution in [-0.4, -0.2) is 28.7 Å². The molecule has 1 atom stereocenters. The Kier molecular flexibility index (Phi) is 4.70. The summed E-state index contributed by atoms with van der Waals surface area (Å²) in [6, 6.07) is 7.59. The molecule has 1 N–H and O–H groups in total. The van der Waals surface area contributed by atoms with Crippen LogP contribution in [0.5, 0.6) is 5.75 Å². The minimum Gasteiger partial charge on any atom is -0.481 e. The number of hydrogen-bond donors (Lipinski definition) is 1. The SMILES string of the molecule is Cc1cccc(OC(C)C(=O)NCCc2ncon2)c1. The molecule has 0 fully saturated rings. The molecule has 106 valence electrons. The van der Waals surface area contributed by atoms with Gasteiger partial charge >= 0.3 is 0 Å². The number of rotatable bonds is 6. The third-order valence-corrected chi connectivity index (χ3v) is 2.73. The van der Waals surface area contributed by atoms with Crippen molar-refractivity contribution in [2.45, 2.75) is 26.4 Å². The predicted molar refractivity (Wildman–Crippen MR) is 72.3 cm³/mol. The van der Waals surface area contributed by atoms with Crippen LogP contribution in [0.15, 0.2) is 35.2 Å². The first-order valence-corrected chi connectivity index (χ1v) is 6.41. The van der Waals surface area contributed by atoms with Gasteiger partial charge in [-0.05, 0) is 31.5 Å². The van der Waals surface area contributed by atoms with Crippen LogP contribution in [-0.2, 0) is 11.2 Å². The summed E-state index contributed by atoms with van der Waals surface area (Å²) >= 11 is 0. The highest BCUT2D eigenvalue weighted by atomic mass is 16.5. The Labute approximate surface area is 117 Å². The zero-order valence-electron chi connectivity index (χ0n) is 11.5. The maximum absolute atomic E-state index is 11.9. The third-order valence-electron chi connectivity index (χ3n) is 2.73. The molecule has 0 spiro atoms. The van der Waals surface area contributed by atoms with Gasteiger partial charge in [0.1, 0.15) is 5.75 Å². The number of nitrogens with zero attached hydrogens (tertiary/aromatic N) is 2. The first-order valence-electron chi connectivity index (χ1n) is 6.41. The van der Waals surface area contributed by atoms with E-state index in [0.717, 1.165) is 5.56 Å². The minimum absolute atomic E-state index is 0.171. The van der Waals surface area contributed by atoms with Crippen LogP contribution < -0.4 is 10.1 Å². The van der Waals surface area contributed by atoms with E-state index in [0.29, 0.717) is 24.5 Å². The Balaban J connectivity index is 1.77. The van der Waals surface area contributed by atoms with Crippen LogP contribution in [0.3, 0.4) is 0 Å². The van der Waals surface area contributed by atoms with Crippen molar-refractivity contribution in [1.82, 2.24) is 15.5 Å². The molecule has 1 aromatic carbocycles. The van der Waals surface area contributed by atoms with Crippen LogP contribution in [0.4, 0.5) is 0 Å². The molecule has 2 rings (SSSR count). The Morgan fingerprint density at radius 3 is 3.05 bits per heavy atom. The normalized spacial score (nSPS) is 11.9. The van der Waals surface area contributed by atoms with E-state index < -0.39 is 6.10 Å². The minimum atomic E-state index is -0.554. The van der Waals surface area contributed by atoms with Crippen molar-refractivity contribution in [2.75, 3.05) is 6.54 Å². The molecule has 0 radical (unpaired) electrons. The van der Waals surface area contributed by atoms with Gasteiger partial charge in [-0.1, -0.05) is 17.3 Å². The van der Waals surface area contributed by atoms with Crippen molar-refractivity contribution < 1.29 is 14.1 Å². The van der Waals surface area contributed by atoms with Crippen LogP contribution >= 0.6 is 0 Å². The van der Waals surface area contributed by atoms with Gasteiger partial charge in [-0.15, -0.1) is 0 Å². The zero-order chi connectivity index (χ0) is 14.4. The molecule has 6 nitrogen and oxygen atoms in total. The first kappa shape index (κ1) is 14.0. The Morgan fingerprint density at radius 1 is 1.50 bits per heavy atom. The van der Waals surface area contributed by atoms with Gasteiger partial charge in [0, 0.05) is 13.0 Å². The van der Waals surface area contributed by atoms with Gasteiger partial charge in [-0.2, -0.15) is 4.98 Å². The lowest BCUT2D eigenvalue weighted by molar-refractivity contribution is -0.127. The number of nitrogens with one attached hydrogen (secondary N) is 1. The van der Waals surface area contributed by atoms with Gasteiger partial charge in [0.05, 0.1) is 0 Å². The molecule has 20 heavy (non-hydrogen) atoms. The molecule has 0 aliphatic carbocycles. The fourth-order valence-corrected chi connectivity index (χ4v) is 1.69. The number of carbonyl (C=O) groups excluding carboxylic acids is 1. The van der Waals surface area contributed by atoms with Gasteiger partial charge in [0.2, 0.25) is 6.39 Å². The molecule has 1 amide bonds. The largest absolute Gasteiger partial charge is 0.481 e. The average Bonchev–Trinajstić information content (AvgIpc) is 2.91. The maximum atomic E-state index is 11.9. The van der Waals surface area contributed by atoms with E-state index in [2.05, 4.69) is 20.0 Å². The first-order chi connectivity index (χ1) is 9.65. The zero-order valence-corrected chi connectivity index (χ0v) is 11.5. The van der Waals surface area contributed by atoms with Gasteiger partial charge < -0.3 is 14.6 Å². The Bertz CT molecular complexity index is 555. The quantitative estimate of drug-likeness (QED) is 0.864. The second-order valence-corrected chi connectivity index (χ2v) is 4.47. The molecule has 0 aliphatic heterocycles. The molecule has 1 aromatic heterocycles. The molecular weight excluding hydrogens is 258 g/mol. The summed E-state index contributed by atoms with van der Waals surface area (Å²) in [5.74, 6) is 1.08. The van der Waals surface area contributed by atoms with Crippen molar-refractivity contribution in [3.63, 3.8) is 0 Å². The number of benzene rings is 1. The highest BCUT2D eigenvalue weighted by Crippen LogP contribution is 2.14. The monoisotopic (exact) mass is 275 g/mol. The fourth-order valence-electron chi connectivity index (χ4n) is 1.69. The van der Waals surface area contributed by atoms with E-state index >= 15 is 0 Å². The highest BCUT2D eigenvalue weighted by Gasteiger charge is 2.14. The second kappa shape index (κ2) is 6.70. The molecular formula is C14H17N3O3. The smallest absolute Gasteiger partial charge is 0.260 e. The van der Waals surface area contributed by atoms with Crippen molar-refractivity contribution in [1.29, 1.82) is 0 Å². The molecule has 0 saturated heterocycles. The van der Waals surface area contributed by atoms with Crippen molar-refractivity contribution in [3.05, 3.63) is 42.0 Å². The van der Waals surface area contributed by atoms with E-state index in [1.54, 1.807) is 6.92 Å². The van der Waals surface area contributed by atoms with Gasteiger partial charge in [-0.3, -0.25) is 4.79 Å². The molecule has 2 aromatic rings. The van der Waals surface area contributed by atoms with Crippen molar-refractivity contribution in [3.8, 4) is 5.75 Å². The number of carbonyl (C=O) groups is 1.